The van der Waals surface area contributed by atoms with Crippen LogP contribution < -0.4 is 5.32 Å². The van der Waals surface area contributed by atoms with E-state index in [-0.39, 0.29) is 11.5 Å². The number of hydrogen-bond acceptors (Lipinski definition) is 4. The SMILES string of the molecule is Cn1cc(C(=O)O)c(CC2CNCCOC2)n1. The number of rotatable bonds is 3. The zero-order valence-corrected chi connectivity index (χ0v) is 9.85. The molecule has 0 aromatic carbocycles. The lowest BCUT2D eigenvalue weighted by atomic mass is 10.0. The van der Waals surface area contributed by atoms with E-state index in [9.17, 15) is 4.79 Å². The molecule has 1 aromatic rings. The Labute approximate surface area is 99.6 Å². The van der Waals surface area contributed by atoms with Crippen molar-refractivity contribution in [3.05, 3.63) is 17.5 Å². The number of hydrogen-bond donors (Lipinski definition) is 2. The van der Waals surface area contributed by atoms with E-state index >= 15 is 0 Å². The van der Waals surface area contributed by atoms with Crippen molar-refractivity contribution in [3.8, 4) is 0 Å². The Morgan fingerprint density at radius 1 is 1.76 bits per heavy atom. The minimum atomic E-state index is -0.921. The van der Waals surface area contributed by atoms with Gasteiger partial charge in [0, 0.05) is 32.3 Å². The fourth-order valence-electron chi connectivity index (χ4n) is 2.03. The summed E-state index contributed by atoms with van der Waals surface area (Å²) in [6.07, 6.45) is 2.18. The monoisotopic (exact) mass is 239 g/mol. The minimum absolute atomic E-state index is 0.283. The van der Waals surface area contributed by atoms with Crippen molar-refractivity contribution in [2.24, 2.45) is 13.0 Å². The fourth-order valence-corrected chi connectivity index (χ4v) is 2.03. The molecule has 0 saturated carbocycles. The molecule has 0 bridgehead atoms. The number of carboxylic acids is 1. The normalized spacial score (nSPS) is 21.1. The molecule has 94 valence electrons. The minimum Gasteiger partial charge on any atom is -0.478 e. The largest absolute Gasteiger partial charge is 0.478 e. The number of aromatic carboxylic acids is 1. The molecule has 6 heteroatoms. The van der Waals surface area contributed by atoms with Gasteiger partial charge < -0.3 is 15.2 Å². The average Bonchev–Trinajstić information content (AvgIpc) is 2.50. The maximum atomic E-state index is 11.0. The zero-order chi connectivity index (χ0) is 12.3. The van der Waals surface area contributed by atoms with Crippen LogP contribution in [0.3, 0.4) is 0 Å². The molecule has 17 heavy (non-hydrogen) atoms. The van der Waals surface area contributed by atoms with E-state index in [0.717, 1.165) is 13.1 Å². The molecule has 1 aromatic heterocycles. The van der Waals surface area contributed by atoms with Crippen LogP contribution in [0.15, 0.2) is 6.20 Å². The number of carboxylic acid groups (broad SMARTS) is 1. The molecular weight excluding hydrogens is 222 g/mol. The summed E-state index contributed by atoms with van der Waals surface area (Å²) in [6.45, 7) is 3.06. The maximum absolute atomic E-state index is 11.0. The first kappa shape index (κ1) is 12.1. The summed E-state index contributed by atoms with van der Waals surface area (Å²) in [5.74, 6) is -0.638. The predicted molar refractivity (Wildman–Crippen MR) is 61.1 cm³/mol. The van der Waals surface area contributed by atoms with Gasteiger partial charge >= 0.3 is 5.97 Å². The molecule has 0 aliphatic carbocycles. The highest BCUT2D eigenvalue weighted by Crippen LogP contribution is 2.13. The highest BCUT2D eigenvalue weighted by Gasteiger charge is 2.20. The number of nitrogens with zero attached hydrogens (tertiary/aromatic N) is 2. The van der Waals surface area contributed by atoms with E-state index in [1.54, 1.807) is 17.9 Å². The smallest absolute Gasteiger partial charge is 0.339 e. The molecule has 1 aliphatic rings. The van der Waals surface area contributed by atoms with E-state index in [2.05, 4.69) is 10.4 Å². The molecule has 0 amide bonds. The van der Waals surface area contributed by atoms with Gasteiger partial charge in [0.05, 0.1) is 18.9 Å². The summed E-state index contributed by atoms with van der Waals surface area (Å²) in [6, 6.07) is 0. The third-order valence-electron chi connectivity index (χ3n) is 2.83. The molecule has 1 aliphatic heterocycles. The van der Waals surface area contributed by atoms with Crippen molar-refractivity contribution < 1.29 is 14.6 Å². The van der Waals surface area contributed by atoms with Crippen LogP contribution in [0.2, 0.25) is 0 Å². The Bertz CT molecular complexity index is 395. The summed E-state index contributed by atoms with van der Waals surface area (Å²) in [7, 11) is 1.73. The lowest BCUT2D eigenvalue weighted by Gasteiger charge is -2.12. The Morgan fingerprint density at radius 3 is 3.35 bits per heavy atom. The molecular formula is C11H17N3O3. The topological polar surface area (TPSA) is 76.4 Å². The summed E-state index contributed by atoms with van der Waals surface area (Å²) in [4.78, 5) is 11.0. The van der Waals surface area contributed by atoms with Crippen LogP contribution in [-0.2, 0) is 18.2 Å². The zero-order valence-electron chi connectivity index (χ0n) is 9.85. The molecule has 1 atom stereocenters. The highest BCUT2D eigenvalue weighted by molar-refractivity contribution is 5.88. The van der Waals surface area contributed by atoms with Crippen molar-refractivity contribution >= 4 is 5.97 Å². The summed E-state index contributed by atoms with van der Waals surface area (Å²) in [5, 5.41) is 16.5. The highest BCUT2D eigenvalue weighted by atomic mass is 16.5. The standard InChI is InChI=1S/C11H17N3O3/c1-14-6-9(11(15)16)10(13-14)4-8-5-12-2-3-17-7-8/h6,8,12H,2-5,7H2,1H3,(H,15,16). The van der Waals surface area contributed by atoms with Gasteiger partial charge in [-0.25, -0.2) is 4.79 Å². The van der Waals surface area contributed by atoms with Crippen molar-refractivity contribution in [2.45, 2.75) is 6.42 Å². The number of carbonyl (C=O) groups is 1. The first-order valence-corrected chi connectivity index (χ1v) is 5.71. The van der Waals surface area contributed by atoms with E-state index in [1.165, 1.54) is 0 Å². The number of ether oxygens (including phenoxy) is 1. The fraction of sp³-hybridized carbons (Fsp3) is 0.636. The summed E-state index contributed by atoms with van der Waals surface area (Å²) >= 11 is 0. The summed E-state index contributed by atoms with van der Waals surface area (Å²) < 4.78 is 6.99. The number of nitrogens with one attached hydrogen (secondary N) is 1. The van der Waals surface area contributed by atoms with Gasteiger partial charge in [0.15, 0.2) is 0 Å². The molecule has 1 saturated heterocycles. The second kappa shape index (κ2) is 5.29. The Balaban J connectivity index is 2.08. The van der Waals surface area contributed by atoms with Crippen molar-refractivity contribution in [3.63, 3.8) is 0 Å². The lowest BCUT2D eigenvalue weighted by Crippen LogP contribution is -2.25. The molecule has 0 radical (unpaired) electrons. The van der Waals surface area contributed by atoms with E-state index in [0.29, 0.717) is 25.3 Å². The second-order valence-electron chi connectivity index (χ2n) is 4.32. The summed E-state index contributed by atoms with van der Waals surface area (Å²) in [5.41, 5.74) is 0.925. The van der Waals surface area contributed by atoms with Gasteiger partial charge in [-0.1, -0.05) is 0 Å². The van der Waals surface area contributed by atoms with Crippen molar-refractivity contribution in [2.75, 3.05) is 26.3 Å². The van der Waals surface area contributed by atoms with Crippen molar-refractivity contribution in [1.82, 2.24) is 15.1 Å². The first-order valence-electron chi connectivity index (χ1n) is 5.71. The van der Waals surface area contributed by atoms with Crippen LogP contribution in [0, 0.1) is 5.92 Å². The molecule has 6 nitrogen and oxygen atoms in total. The van der Waals surface area contributed by atoms with Gasteiger partial charge in [-0.05, 0) is 6.42 Å². The first-order chi connectivity index (χ1) is 8.16. The number of aromatic nitrogens is 2. The van der Waals surface area contributed by atoms with Gasteiger partial charge in [-0.3, -0.25) is 4.68 Å². The molecule has 2 heterocycles. The van der Waals surface area contributed by atoms with Gasteiger partial charge in [-0.2, -0.15) is 5.10 Å². The Morgan fingerprint density at radius 2 is 2.59 bits per heavy atom. The van der Waals surface area contributed by atoms with Gasteiger partial charge in [0.1, 0.15) is 5.56 Å². The van der Waals surface area contributed by atoms with E-state index < -0.39 is 5.97 Å². The van der Waals surface area contributed by atoms with Gasteiger partial charge in [0.2, 0.25) is 0 Å². The van der Waals surface area contributed by atoms with Crippen LogP contribution >= 0.6 is 0 Å². The molecule has 1 fully saturated rings. The Kier molecular flexibility index (Phi) is 3.75. The van der Waals surface area contributed by atoms with Crippen LogP contribution in [0.4, 0.5) is 0 Å². The number of aryl methyl sites for hydroxylation is 1. The average molecular weight is 239 g/mol. The maximum Gasteiger partial charge on any atom is 0.339 e. The second-order valence-corrected chi connectivity index (χ2v) is 4.32. The van der Waals surface area contributed by atoms with Crippen LogP contribution in [0.1, 0.15) is 16.1 Å². The Hall–Kier alpha value is -1.40. The molecule has 1 unspecified atom stereocenters. The van der Waals surface area contributed by atoms with Crippen LogP contribution in [0.25, 0.3) is 0 Å². The third kappa shape index (κ3) is 3.04. The van der Waals surface area contributed by atoms with Gasteiger partial charge in [0.25, 0.3) is 0 Å². The van der Waals surface area contributed by atoms with E-state index in [4.69, 9.17) is 9.84 Å². The molecule has 2 N–H and O–H groups in total. The predicted octanol–water partition coefficient (Wildman–Crippen LogP) is -0.103. The quantitative estimate of drug-likeness (QED) is 0.770. The third-order valence-corrected chi connectivity index (χ3v) is 2.83. The van der Waals surface area contributed by atoms with Crippen LogP contribution in [-0.4, -0.2) is 47.2 Å². The van der Waals surface area contributed by atoms with Gasteiger partial charge in [-0.15, -0.1) is 0 Å². The molecule has 2 rings (SSSR count). The van der Waals surface area contributed by atoms with Crippen molar-refractivity contribution in [1.29, 1.82) is 0 Å². The van der Waals surface area contributed by atoms with Crippen LogP contribution in [0.5, 0.6) is 0 Å². The van der Waals surface area contributed by atoms with E-state index in [1.807, 2.05) is 0 Å². The lowest BCUT2D eigenvalue weighted by molar-refractivity contribution is 0.0694. The molecule has 0 spiro atoms.